The first-order valence-electron chi connectivity index (χ1n) is 16.0. The Hall–Kier alpha value is -6.31. The second kappa shape index (κ2) is 10.7. The number of benzene rings is 6. The van der Waals surface area contributed by atoms with Crippen LogP contribution in [0.15, 0.2) is 140 Å². The SMILES string of the molecule is N#Cc1c(-c2ccccc2)c(-n2c3c(c4ccccc42)CCC=C3)c(N)c(-c2ccccc2)c1-n1c2ccccc2c2ccccc21. The van der Waals surface area contributed by atoms with Crippen molar-refractivity contribution in [1.82, 2.24) is 9.13 Å². The van der Waals surface area contributed by atoms with Gasteiger partial charge in [0.05, 0.1) is 39.2 Å². The summed E-state index contributed by atoms with van der Waals surface area (Å²) < 4.78 is 4.56. The minimum Gasteiger partial charge on any atom is -0.396 e. The molecule has 1 aliphatic carbocycles. The van der Waals surface area contributed by atoms with Gasteiger partial charge < -0.3 is 14.9 Å². The van der Waals surface area contributed by atoms with Crippen molar-refractivity contribution in [1.29, 1.82) is 5.26 Å². The fraction of sp³-hybridized carbons (Fsp3) is 0.0465. The molecule has 0 saturated carbocycles. The van der Waals surface area contributed by atoms with Gasteiger partial charge in [0, 0.05) is 33.0 Å². The first-order valence-corrected chi connectivity index (χ1v) is 16.0. The summed E-state index contributed by atoms with van der Waals surface area (Å²) in [6, 6.07) is 48.7. The monoisotopic (exact) mass is 602 g/mol. The third kappa shape index (κ3) is 3.94. The number of allylic oxidation sites excluding steroid dienone is 1. The first kappa shape index (κ1) is 27.0. The quantitative estimate of drug-likeness (QED) is 0.204. The third-order valence-corrected chi connectivity index (χ3v) is 9.61. The summed E-state index contributed by atoms with van der Waals surface area (Å²) in [5.41, 5.74) is 19.6. The highest BCUT2D eigenvalue weighted by molar-refractivity contribution is 6.12. The molecule has 6 aromatic carbocycles. The van der Waals surface area contributed by atoms with E-state index in [4.69, 9.17) is 5.73 Å². The fourth-order valence-electron chi connectivity index (χ4n) is 7.68. The molecule has 4 nitrogen and oxygen atoms in total. The number of aryl methyl sites for hydroxylation is 1. The van der Waals surface area contributed by atoms with Gasteiger partial charge in [0.15, 0.2) is 0 Å². The lowest BCUT2D eigenvalue weighted by molar-refractivity contribution is 0.968. The average Bonchev–Trinajstić information content (AvgIpc) is 3.65. The van der Waals surface area contributed by atoms with Crippen LogP contribution < -0.4 is 5.73 Å². The van der Waals surface area contributed by atoms with Gasteiger partial charge in [0.2, 0.25) is 0 Å². The van der Waals surface area contributed by atoms with Crippen molar-refractivity contribution in [3.8, 4) is 39.7 Å². The summed E-state index contributed by atoms with van der Waals surface area (Å²) >= 11 is 0. The van der Waals surface area contributed by atoms with E-state index in [2.05, 4.69) is 124 Å². The largest absolute Gasteiger partial charge is 0.396 e. The minimum atomic E-state index is 0.581. The molecule has 0 unspecified atom stereocenters. The van der Waals surface area contributed by atoms with Crippen molar-refractivity contribution in [3.63, 3.8) is 0 Å². The Kier molecular flexibility index (Phi) is 6.13. The fourth-order valence-corrected chi connectivity index (χ4v) is 7.68. The molecule has 0 aliphatic heterocycles. The van der Waals surface area contributed by atoms with Crippen LogP contribution in [0.25, 0.3) is 72.4 Å². The van der Waals surface area contributed by atoms with Crippen LogP contribution in [0.1, 0.15) is 23.2 Å². The van der Waals surface area contributed by atoms with Crippen LogP contribution in [0.5, 0.6) is 0 Å². The lowest BCUT2D eigenvalue weighted by Crippen LogP contribution is -2.12. The number of nitrogens with two attached hydrogens (primary N) is 1. The van der Waals surface area contributed by atoms with E-state index in [9.17, 15) is 5.26 Å². The molecule has 2 N–H and O–H groups in total. The first-order chi connectivity index (χ1) is 23.3. The maximum absolute atomic E-state index is 11.4. The van der Waals surface area contributed by atoms with Gasteiger partial charge >= 0.3 is 0 Å². The molecule has 4 heteroatoms. The summed E-state index contributed by atoms with van der Waals surface area (Å²) in [6.07, 6.45) is 6.41. The summed E-state index contributed by atoms with van der Waals surface area (Å²) in [5.74, 6) is 0. The lowest BCUT2D eigenvalue weighted by atomic mass is 9.88. The van der Waals surface area contributed by atoms with Crippen LogP contribution in [-0.4, -0.2) is 9.13 Å². The highest BCUT2D eigenvalue weighted by atomic mass is 15.0. The van der Waals surface area contributed by atoms with Crippen LogP contribution in [-0.2, 0) is 6.42 Å². The van der Waals surface area contributed by atoms with Crippen LogP contribution in [0, 0.1) is 11.3 Å². The molecule has 1 aliphatic rings. The molecular weight excluding hydrogens is 573 g/mol. The molecule has 0 atom stereocenters. The summed E-state index contributed by atoms with van der Waals surface area (Å²) in [7, 11) is 0. The Morgan fingerprint density at radius 1 is 0.553 bits per heavy atom. The standard InChI is InChI=1S/C43H30N4/c44-27-34-39(28-15-3-1-4-16-28)43(47-37-25-13-9-21-32(37)33-22-10-14-26-38(33)47)41(45)40(29-17-5-2-6-18-29)42(34)46-35-23-11-7-19-30(35)31-20-8-12-24-36(31)46/h1-9,11-21,23-26H,10,22,45H2. The Bertz CT molecular complexity index is 2520. The molecule has 0 bridgehead atoms. The molecule has 0 spiro atoms. The van der Waals surface area contributed by atoms with E-state index in [1.54, 1.807) is 0 Å². The Labute approximate surface area is 272 Å². The second-order valence-electron chi connectivity index (χ2n) is 12.1. The van der Waals surface area contributed by atoms with Crippen LogP contribution >= 0.6 is 0 Å². The lowest BCUT2D eigenvalue weighted by Gasteiger charge is -2.26. The van der Waals surface area contributed by atoms with Crippen molar-refractivity contribution in [2.24, 2.45) is 0 Å². The molecule has 9 rings (SSSR count). The number of para-hydroxylation sites is 3. The average molecular weight is 603 g/mol. The van der Waals surface area contributed by atoms with E-state index in [0.29, 0.717) is 11.3 Å². The van der Waals surface area contributed by atoms with E-state index in [1.165, 1.54) is 10.9 Å². The predicted octanol–water partition coefficient (Wildman–Crippen LogP) is 10.5. The zero-order valence-electron chi connectivity index (χ0n) is 25.7. The topological polar surface area (TPSA) is 59.7 Å². The van der Waals surface area contributed by atoms with Gasteiger partial charge in [-0.1, -0.05) is 121 Å². The minimum absolute atomic E-state index is 0.581. The van der Waals surface area contributed by atoms with Gasteiger partial charge in [-0.25, -0.2) is 0 Å². The van der Waals surface area contributed by atoms with Gasteiger partial charge in [0.25, 0.3) is 0 Å². The van der Waals surface area contributed by atoms with Gasteiger partial charge in [0.1, 0.15) is 6.07 Å². The number of nitriles is 1. The Morgan fingerprint density at radius 2 is 1.06 bits per heavy atom. The molecule has 47 heavy (non-hydrogen) atoms. The zero-order valence-corrected chi connectivity index (χ0v) is 25.7. The van der Waals surface area contributed by atoms with E-state index in [0.717, 1.165) is 79.5 Å². The van der Waals surface area contributed by atoms with E-state index in [-0.39, 0.29) is 0 Å². The molecule has 8 aromatic rings. The van der Waals surface area contributed by atoms with Gasteiger partial charge in [-0.15, -0.1) is 0 Å². The number of hydrogen-bond donors (Lipinski definition) is 1. The number of nitrogens with zero attached hydrogens (tertiary/aromatic N) is 3. The number of nitrogen functional groups attached to an aromatic ring is 1. The maximum Gasteiger partial charge on any atom is 0.102 e. The molecule has 2 heterocycles. The number of hydrogen-bond acceptors (Lipinski definition) is 2. The maximum atomic E-state index is 11.4. The van der Waals surface area contributed by atoms with Crippen molar-refractivity contribution in [3.05, 3.63) is 156 Å². The van der Waals surface area contributed by atoms with Crippen molar-refractivity contribution >= 4 is 44.5 Å². The van der Waals surface area contributed by atoms with Crippen molar-refractivity contribution < 1.29 is 0 Å². The van der Waals surface area contributed by atoms with Crippen LogP contribution in [0.2, 0.25) is 0 Å². The van der Waals surface area contributed by atoms with Gasteiger partial charge in [-0.2, -0.15) is 5.26 Å². The smallest absolute Gasteiger partial charge is 0.102 e. The molecule has 222 valence electrons. The summed E-state index contributed by atoms with van der Waals surface area (Å²) in [4.78, 5) is 0. The van der Waals surface area contributed by atoms with E-state index in [1.807, 2.05) is 36.4 Å². The normalized spacial score (nSPS) is 12.5. The highest BCUT2D eigenvalue weighted by Gasteiger charge is 2.31. The second-order valence-corrected chi connectivity index (χ2v) is 12.1. The molecular formula is C43H30N4. The number of aromatic nitrogens is 2. The number of anilines is 1. The highest BCUT2D eigenvalue weighted by Crippen LogP contribution is 2.49. The molecule has 0 amide bonds. The van der Waals surface area contributed by atoms with Crippen LogP contribution in [0.4, 0.5) is 5.69 Å². The number of fused-ring (bicyclic) bond motifs is 6. The zero-order chi connectivity index (χ0) is 31.5. The van der Waals surface area contributed by atoms with Crippen LogP contribution in [0.3, 0.4) is 0 Å². The number of rotatable bonds is 4. The third-order valence-electron chi connectivity index (χ3n) is 9.61. The predicted molar refractivity (Wildman–Crippen MR) is 195 cm³/mol. The molecule has 0 radical (unpaired) electrons. The Balaban J connectivity index is 1.55. The van der Waals surface area contributed by atoms with Gasteiger partial charge in [-0.3, -0.25) is 0 Å². The Morgan fingerprint density at radius 3 is 1.66 bits per heavy atom. The molecule has 0 saturated heterocycles. The van der Waals surface area contributed by atoms with Gasteiger partial charge in [-0.05, 0) is 53.8 Å². The van der Waals surface area contributed by atoms with Crippen molar-refractivity contribution in [2.75, 3.05) is 5.73 Å². The van der Waals surface area contributed by atoms with Crippen molar-refractivity contribution in [2.45, 2.75) is 12.8 Å². The summed E-state index contributed by atoms with van der Waals surface area (Å²) in [5, 5.41) is 14.9. The summed E-state index contributed by atoms with van der Waals surface area (Å²) in [6.45, 7) is 0. The molecule has 0 fully saturated rings. The molecule has 2 aromatic heterocycles. The van der Waals surface area contributed by atoms with E-state index < -0.39 is 0 Å². The van der Waals surface area contributed by atoms with E-state index >= 15 is 0 Å².